The van der Waals surface area contributed by atoms with Crippen molar-refractivity contribution < 1.29 is 4.42 Å². The number of fused-ring (bicyclic) bond motifs is 8. The maximum Gasteiger partial charge on any atom is 0.135 e. The normalized spacial score (nSPS) is 11.8. The van der Waals surface area contributed by atoms with Crippen LogP contribution in [0.5, 0.6) is 0 Å². The Morgan fingerprint density at radius 3 is 1.79 bits per heavy atom. The Bertz CT molecular complexity index is 3150. The van der Waals surface area contributed by atoms with Crippen molar-refractivity contribution in [3.8, 4) is 16.8 Å². The molecule has 0 saturated heterocycles. The smallest absolute Gasteiger partial charge is 0.135 e. The number of nitrogens with zero attached hydrogens (tertiary/aromatic N) is 2. The number of aromatic nitrogens is 1. The second-order valence-corrected chi connectivity index (χ2v) is 13.8. The van der Waals surface area contributed by atoms with Gasteiger partial charge >= 0.3 is 0 Å². The second-order valence-electron chi connectivity index (χ2n) is 13.8. The lowest BCUT2D eigenvalue weighted by Gasteiger charge is -2.28. The van der Waals surface area contributed by atoms with Gasteiger partial charge in [-0.05, 0) is 94.0 Å². The van der Waals surface area contributed by atoms with E-state index in [0.717, 1.165) is 50.3 Å². The fourth-order valence-corrected chi connectivity index (χ4v) is 8.26. The van der Waals surface area contributed by atoms with Gasteiger partial charge in [-0.1, -0.05) is 127 Å². The number of para-hydroxylation sites is 3. The summed E-state index contributed by atoms with van der Waals surface area (Å²) in [5.74, 6) is 0. The van der Waals surface area contributed by atoms with Crippen LogP contribution in [0.4, 0.5) is 17.1 Å². The quantitative estimate of drug-likeness (QED) is 0.181. The van der Waals surface area contributed by atoms with Crippen molar-refractivity contribution in [3.05, 3.63) is 194 Å². The molecule has 2 aromatic heterocycles. The van der Waals surface area contributed by atoms with Crippen molar-refractivity contribution in [1.82, 2.24) is 4.57 Å². The zero-order valence-electron chi connectivity index (χ0n) is 28.8. The molecule has 9 aromatic carbocycles. The maximum absolute atomic E-state index is 6.31. The third-order valence-corrected chi connectivity index (χ3v) is 10.7. The molecule has 11 aromatic rings. The van der Waals surface area contributed by atoms with E-state index in [9.17, 15) is 0 Å². The predicted octanol–water partition coefficient (Wildman–Crippen LogP) is 14.1. The summed E-state index contributed by atoms with van der Waals surface area (Å²) in [7, 11) is 0. The highest BCUT2D eigenvalue weighted by Gasteiger charge is 2.21. The number of furan rings is 1. The van der Waals surface area contributed by atoms with Crippen LogP contribution in [0, 0.1) is 0 Å². The first kappa shape index (κ1) is 29.6. The van der Waals surface area contributed by atoms with Gasteiger partial charge in [-0.3, -0.25) is 0 Å². The highest BCUT2D eigenvalue weighted by molar-refractivity contribution is 6.11. The summed E-state index contributed by atoms with van der Waals surface area (Å²) >= 11 is 0. The average molecular weight is 677 g/mol. The first-order valence-corrected chi connectivity index (χ1v) is 18.1. The van der Waals surface area contributed by atoms with Gasteiger partial charge in [0.15, 0.2) is 0 Å². The monoisotopic (exact) mass is 676 g/mol. The van der Waals surface area contributed by atoms with Crippen LogP contribution in [-0.4, -0.2) is 4.57 Å². The van der Waals surface area contributed by atoms with Crippen molar-refractivity contribution in [3.63, 3.8) is 0 Å². The lowest BCUT2D eigenvalue weighted by molar-refractivity contribution is 0.669. The van der Waals surface area contributed by atoms with Crippen LogP contribution in [0.2, 0.25) is 0 Å². The average Bonchev–Trinajstić information content (AvgIpc) is 3.76. The summed E-state index contributed by atoms with van der Waals surface area (Å²) in [5.41, 5.74) is 10.8. The Labute approximate surface area is 306 Å². The molecule has 0 spiro atoms. The fraction of sp³-hybridized carbons (Fsp3) is 0. The van der Waals surface area contributed by atoms with Gasteiger partial charge in [0.05, 0.1) is 16.7 Å². The van der Waals surface area contributed by atoms with E-state index in [0.29, 0.717) is 0 Å². The minimum Gasteiger partial charge on any atom is -0.456 e. The molecule has 3 heteroatoms. The topological polar surface area (TPSA) is 21.3 Å². The zero-order valence-corrected chi connectivity index (χ0v) is 28.8. The van der Waals surface area contributed by atoms with Crippen molar-refractivity contribution in [2.45, 2.75) is 0 Å². The summed E-state index contributed by atoms with van der Waals surface area (Å²) in [4.78, 5) is 2.42. The molecule has 0 N–H and O–H groups in total. The molecule has 53 heavy (non-hydrogen) atoms. The van der Waals surface area contributed by atoms with Gasteiger partial charge in [0.25, 0.3) is 0 Å². The molecule has 0 aliphatic carbocycles. The third-order valence-electron chi connectivity index (χ3n) is 10.7. The summed E-state index contributed by atoms with van der Waals surface area (Å²) in [6, 6.07) is 70.0. The summed E-state index contributed by atoms with van der Waals surface area (Å²) in [6.45, 7) is 0. The van der Waals surface area contributed by atoms with Crippen LogP contribution in [0.3, 0.4) is 0 Å². The van der Waals surface area contributed by atoms with Crippen LogP contribution in [0.15, 0.2) is 199 Å². The molecule has 0 saturated carbocycles. The van der Waals surface area contributed by atoms with Gasteiger partial charge in [0.1, 0.15) is 11.2 Å². The van der Waals surface area contributed by atoms with Gasteiger partial charge in [-0.2, -0.15) is 0 Å². The molecule has 0 atom stereocenters. The second kappa shape index (κ2) is 11.7. The van der Waals surface area contributed by atoms with Gasteiger partial charge in [0.2, 0.25) is 0 Å². The Hall–Kier alpha value is -7.10. The predicted molar refractivity (Wildman–Crippen MR) is 223 cm³/mol. The molecule has 0 radical (unpaired) electrons. The first-order chi connectivity index (χ1) is 26.3. The molecule has 0 aliphatic rings. The number of anilines is 3. The standard InChI is InChI=1S/C50H32N2O/c1-2-13-34-28-36(25-24-33(34)12-1)35-15-11-16-38(29-35)51(39-26-27-50-45(31-39)44-20-7-10-23-49(44)53-50)48-32-40(30-37-14-3-4-17-41(37)48)52-46-21-8-5-18-42(46)43-19-6-9-22-47(43)52/h1-32H. The molecule has 0 unspecified atom stereocenters. The van der Waals surface area contributed by atoms with E-state index in [-0.39, 0.29) is 0 Å². The molecule has 0 bridgehead atoms. The highest BCUT2D eigenvalue weighted by atomic mass is 16.3. The van der Waals surface area contributed by atoms with Gasteiger partial charge in [0, 0.05) is 44.0 Å². The van der Waals surface area contributed by atoms with Crippen LogP contribution < -0.4 is 4.90 Å². The van der Waals surface area contributed by atoms with Crippen LogP contribution in [0.25, 0.3) is 82.1 Å². The molecule has 0 aliphatic heterocycles. The van der Waals surface area contributed by atoms with Gasteiger partial charge in [-0.25, -0.2) is 0 Å². The summed E-state index contributed by atoms with van der Waals surface area (Å²) < 4.78 is 8.72. The van der Waals surface area contributed by atoms with E-state index in [1.54, 1.807) is 0 Å². The summed E-state index contributed by atoms with van der Waals surface area (Å²) in [5, 5.41) is 9.51. The molecule has 248 valence electrons. The Morgan fingerprint density at radius 1 is 0.358 bits per heavy atom. The minimum absolute atomic E-state index is 0.878. The molecule has 0 amide bonds. The van der Waals surface area contributed by atoms with E-state index >= 15 is 0 Å². The molecular weight excluding hydrogens is 645 g/mol. The third kappa shape index (κ3) is 4.75. The van der Waals surface area contributed by atoms with Crippen molar-refractivity contribution in [2.75, 3.05) is 4.90 Å². The molecule has 0 fully saturated rings. The number of hydrogen-bond acceptors (Lipinski definition) is 2. The van der Waals surface area contributed by atoms with Crippen LogP contribution >= 0.6 is 0 Å². The molecule has 2 heterocycles. The molecule has 11 rings (SSSR count). The van der Waals surface area contributed by atoms with Crippen molar-refractivity contribution in [1.29, 1.82) is 0 Å². The largest absolute Gasteiger partial charge is 0.456 e. The van der Waals surface area contributed by atoms with Crippen molar-refractivity contribution in [2.24, 2.45) is 0 Å². The Morgan fingerprint density at radius 2 is 0.981 bits per heavy atom. The molecule has 3 nitrogen and oxygen atoms in total. The van der Waals surface area contributed by atoms with E-state index in [2.05, 4.69) is 191 Å². The number of rotatable bonds is 5. The highest BCUT2D eigenvalue weighted by Crippen LogP contribution is 2.44. The van der Waals surface area contributed by atoms with E-state index in [1.807, 2.05) is 12.1 Å². The van der Waals surface area contributed by atoms with E-state index in [4.69, 9.17) is 4.42 Å². The number of benzene rings is 9. The first-order valence-electron chi connectivity index (χ1n) is 18.1. The van der Waals surface area contributed by atoms with E-state index in [1.165, 1.54) is 48.9 Å². The van der Waals surface area contributed by atoms with Crippen LogP contribution in [-0.2, 0) is 0 Å². The lowest BCUT2D eigenvalue weighted by atomic mass is 10.00. The van der Waals surface area contributed by atoms with Crippen molar-refractivity contribution >= 4 is 82.4 Å². The Balaban J connectivity index is 1.19. The maximum atomic E-state index is 6.31. The minimum atomic E-state index is 0.878. The van der Waals surface area contributed by atoms with Gasteiger partial charge in [-0.15, -0.1) is 0 Å². The van der Waals surface area contributed by atoms with Gasteiger partial charge < -0.3 is 13.9 Å². The SMILES string of the molecule is c1cc(-c2ccc3ccccc3c2)cc(N(c2ccc3oc4ccccc4c3c2)c2cc(-n3c4ccccc4c4ccccc43)cc3ccccc23)c1. The van der Waals surface area contributed by atoms with Crippen LogP contribution in [0.1, 0.15) is 0 Å². The fourth-order valence-electron chi connectivity index (χ4n) is 8.26. The summed E-state index contributed by atoms with van der Waals surface area (Å²) in [6.07, 6.45) is 0. The van der Waals surface area contributed by atoms with E-state index < -0.39 is 0 Å². The number of hydrogen-bond donors (Lipinski definition) is 0. The Kier molecular flexibility index (Phi) is 6.55. The lowest BCUT2D eigenvalue weighted by Crippen LogP contribution is -2.11. The zero-order chi connectivity index (χ0) is 34.9. The molecular formula is C50H32N2O.